The summed E-state index contributed by atoms with van der Waals surface area (Å²) < 4.78 is 0. The summed E-state index contributed by atoms with van der Waals surface area (Å²) in [4.78, 5) is 25.9. The van der Waals surface area contributed by atoms with Gasteiger partial charge in [-0.1, -0.05) is 18.2 Å². The third kappa shape index (κ3) is 2.53. The molecule has 1 aromatic heterocycles. The van der Waals surface area contributed by atoms with Gasteiger partial charge in [-0.2, -0.15) is 5.26 Å². The van der Waals surface area contributed by atoms with Gasteiger partial charge in [0.1, 0.15) is 11.6 Å². The number of nitriles is 1. The normalized spacial score (nSPS) is 9.68. The highest BCUT2D eigenvalue weighted by atomic mass is 16.1. The molecule has 94 valence electrons. The molecule has 0 radical (unpaired) electrons. The Labute approximate surface area is 109 Å². The Balaban J connectivity index is 2.36. The Morgan fingerprint density at radius 2 is 2.00 bits per heavy atom. The van der Waals surface area contributed by atoms with Crippen LogP contribution in [0.15, 0.2) is 41.3 Å². The molecule has 0 unspecified atom stereocenters. The molecule has 2 aromatic rings. The minimum Gasteiger partial charge on any atom is -0.327 e. The van der Waals surface area contributed by atoms with E-state index >= 15 is 0 Å². The SMILES string of the molecule is Cc1c(C(=O)Nc2ccccc2)c[nH]c(=O)c1C#N. The van der Waals surface area contributed by atoms with Crippen molar-refractivity contribution in [3.05, 3.63) is 63.6 Å². The Hall–Kier alpha value is -2.87. The molecule has 5 heteroatoms. The fraction of sp³-hybridized carbons (Fsp3) is 0.0714. The third-order valence-electron chi connectivity index (χ3n) is 2.74. The van der Waals surface area contributed by atoms with Gasteiger partial charge in [0, 0.05) is 11.9 Å². The van der Waals surface area contributed by atoms with Gasteiger partial charge in [0.25, 0.3) is 11.5 Å². The van der Waals surface area contributed by atoms with Crippen molar-refractivity contribution in [1.82, 2.24) is 4.98 Å². The van der Waals surface area contributed by atoms with E-state index in [4.69, 9.17) is 5.26 Å². The summed E-state index contributed by atoms with van der Waals surface area (Å²) in [5.41, 5.74) is 0.772. The lowest BCUT2D eigenvalue weighted by Crippen LogP contribution is -2.19. The first-order valence-electron chi connectivity index (χ1n) is 5.62. The van der Waals surface area contributed by atoms with Gasteiger partial charge in [-0.3, -0.25) is 9.59 Å². The molecule has 0 aliphatic carbocycles. The Morgan fingerprint density at radius 1 is 1.32 bits per heavy atom. The molecule has 5 nitrogen and oxygen atoms in total. The maximum absolute atomic E-state index is 12.1. The van der Waals surface area contributed by atoms with E-state index in [0.29, 0.717) is 11.3 Å². The second-order valence-corrected chi connectivity index (χ2v) is 3.96. The van der Waals surface area contributed by atoms with Crippen molar-refractivity contribution in [3.63, 3.8) is 0 Å². The largest absolute Gasteiger partial charge is 0.327 e. The molecule has 0 saturated carbocycles. The first-order chi connectivity index (χ1) is 9.13. The summed E-state index contributed by atoms with van der Waals surface area (Å²) in [6, 6.07) is 10.8. The van der Waals surface area contributed by atoms with Crippen molar-refractivity contribution < 1.29 is 4.79 Å². The van der Waals surface area contributed by atoms with E-state index in [9.17, 15) is 9.59 Å². The number of H-pyrrole nitrogens is 1. The number of amides is 1. The zero-order chi connectivity index (χ0) is 13.8. The zero-order valence-corrected chi connectivity index (χ0v) is 10.2. The summed E-state index contributed by atoms with van der Waals surface area (Å²) >= 11 is 0. The van der Waals surface area contributed by atoms with Crippen LogP contribution in [-0.4, -0.2) is 10.9 Å². The van der Waals surface area contributed by atoms with Gasteiger partial charge in [-0.25, -0.2) is 0 Å². The second-order valence-electron chi connectivity index (χ2n) is 3.96. The lowest BCUT2D eigenvalue weighted by molar-refractivity contribution is 0.102. The van der Waals surface area contributed by atoms with Crippen LogP contribution in [0.2, 0.25) is 0 Å². The standard InChI is InChI=1S/C14H11N3O2/c1-9-11(7-15)13(18)16-8-12(9)14(19)17-10-5-3-2-4-6-10/h2-6,8H,1H3,(H,16,18)(H,17,19). The van der Waals surface area contributed by atoms with Crippen LogP contribution in [0.1, 0.15) is 21.5 Å². The molecule has 2 rings (SSSR count). The molecule has 0 aliphatic heterocycles. The van der Waals surface area contributed by atoms with Crippen LogP contribution in [-0.2, 0) is 0 Å². The van der Waals surface area contributed by atoms with E-state index in [1.165, 1.54) is 6.20 Å². The van der Waals surface area contributed by atoms with Gasteiger partial charge in [-0.15, -0.1) is 0 Å². The highest BCUT2D eigenvalue weighted by molar-refractivity contribution is 6.05. The Bertz CT molecular complexity index is 712. The Morgan fingerprint density at radius 3 is 2.63 bits per heavy atom. The van der Waals surface area contributed by atoms with Crippen LogP contribution in [0.3, 0.4) is 0 Å². The molecule has 0 atom stereocenters. The number of aromatic amines is 1. The molecule has 19 heavy (non-hydrogen) atoms. The number of anilines is 1. The molecule has 1 heterocycles. The van der Waals surface area contributed by atoms with Crippen molar-refractivity contribution in [3.8, 4) is 6.07 Å². The number of carbonyl (C=O) groups excluding carboxylic acids is 1. The first kappa shape index (κ1) is 12.6. The summed E-state index contributed by atoms with van der Waals surface area (Å²) in [6.45, 7) is 1.58. The summed E-state index contributed by atoms with van der Waals surface area (Å²) in [7, 11) is 0. The third-order valence-corrected chi connectivity index (χ3v) is 2.74. The van der Waals surface area contributed by atoms with Crippen LogP contribution in [0.5, 0.6) is 0 Å². The number of benzene rings is 1. The molecule has 0 bridgehead atoms. The van der Waals surface area contributed by atoms with Crippen LogP contribution >= 0.6 is 0 Å². The minimum absolute atomic E-state index is 0.0410. The molecule has 0 saturated heterocycles. The van der Waals surface area contributed by atoms with E-state index < -0.39 is 5.56 Å². The van der Waals surface area contributed by atoms with Crippen LogP contribution in [0.25, 0.3) is 0 Å². The van der Waals surface area contributed by atoms with Crippen LogP contribution < -0.4 is 10.9 Å². The predicted octanol–water partition coefficient (Wildman–Crippen LogP) is 1.81. The molecular formula is C14H11N3O2. The number of pyridine rings is 1. The van der Waals surface area contributed by atoms with Crippen molar-refractivity contribution >= 4 is 11.6 Å². The average molecular weight is 253 g/mol. The van der Waals surface area contributed by atoms with Crippen LogP contribution in [0.4, 0.5) is 5.69 Å². The fourth-order valence-corrected chi connectivity index (χ4v) is 1.71. The molecule has 1 amide bonds. The number of hydrogen-bond donors (Lipinski definition) is 2. The number of nitrogens with zero attached hydrogens (tertiary/aromatic N) is 1. The summed E-state index contributed by atoms with van der Waals surface area (Å²) in [5.74, 6) is -0.364. The smallest absolute Gasteiger partial charge is 0.266 e. The number of aromatic nitrogens is 1. The highest BCUT2D eigenvalue weighted by Gasteiger charge is 2.14. The molecule has 1 aromatic carbocycles. The Kier molecular flexibility index (Phi) is 3.44. The van der Waals surface area contributed by atoms with Crippen molar-refractivity contribution in [2.24, 2.45) is 0 Å². The fourth-order valence-electron chi connectivity index (χ4n) is 1.71. The van der Waals surface area contributed by atoms with Gasteiger partial charge in [0.05, 0.1) is 5.56 Å². The lowest BCUT2D eigenvalue weighted by Gasteiger charge is -2.07. The minimum atomic E-state index is -0.490. The summed E-state index contributed by atoms with van der Waals surface area (Å²) in [6.07, 6.45) is 1.32. The maximum Gasteiger partial charge on any atom is 0.266 e. The molecular weight excluding hydrogens is 242 g/mol. The monoisotopic (exact) mass is 253 g/mol. The molecule has 0 fully saturated rings. The maximum atomic E-state index is 12.1. The number of hydrogen-bond acceptors (Lipinski definition) is 3. The van der Waals surface area contributed by atoms with Gasteiger partial charge >= 0.3 is 0 Å². The average Bonchev–Trinajstić information content (AvgIpc) is 2.40. The predicted molar refractivity (Wildman–Crippen MR) is 70.9 cm³/mol. The van der Waals surface area contributed by atoms with Gasteiger partial charge in [0.15, 0.2) is 0 Å². The van der Waals surface area contributed by atoms with Gasteiger partial charge < -0.3 is 10.3 Å². The number of carbonyl (C=O) groups is 1. The highest BCUT2D eigenvalue weighted by Crippen LogP contribution is 2.12. The molecule has 0 spiro atoms. The van der Waals surface area contributed by atoms with Crippen LogP contribution in [0, 0.1) is 18.3 Å². The quantitative estimate of drug-likeness (QED) is 0.855. The van der Waals surface area contributed by atoms with Crippen molar-refractivity contribution in [1.29, 1.82) is 5.26 Å². The van der Waals surface area contributed by atoms with Crippen molar-refractivity contribution in [2.75, 3.05) is 5.32 Å². The number of rotatable bonds is 2. The molecule has 0 aliphatic rings. The zero-order valence-electron chi connectivity index (χ0n) is 10.2. The van der Waals surface area contributed by atoms with E-state index in [2.05, 4.69) is 10.3 Å². The number of para-hydroxylation sites is 1. The summed E-state index contributed by atoms with van der Waals surface area (Å²) in [5, 5.41) is 11.6. The van der Waals surface area contributed by atoms with Gasteiger partial charge in [-0.05, 0) is 24.6 Å². The van der Waals surface area contributed by atoms with E-state index in [1.807, 2.05) is 6.07 Å². The van der Waals surface area contributed by atoms with E-state index in [1.54, 1.807) is 37.3 Å². The lowest BCUT2D eigenvalue weighted by atomic mass is 10.1. The van der Waals surface area contributed by atoms with Crippen molar-refractivity contribution in [2.45, 2.75) is 6.92 Å². The van der Waals surface area contributed by atoms with E-state index in [-0.39, 0.29) is 17.0 Å². The topological polar surface area (TPSA) is 85.8 Å². The first-order valence-corrected chi connectivity index (χ1v) is 5.62. The number of nitrogens with one attached hydrogen (secondary N) is 2. The second kappa shape index (κ2) is 5.19. The molecule has 2 N–H and O–H groups in total. The van der Waals surface area contributed by atoms with E-state index in [0.717, 1.165) is 0 Å². The van der Waals surface area contributed by atoms with Gasteiger partial charge in [0.2, 0.25) is 0 Å².